The summed E-state index contributed by atoms with van der Waals surface area (Å²) in [5, 5.41) is 15.8. The molecule has 2 aromatic heterocycles. The van der Waals surface area contributed by atoms with Gasteiger partial charge in [-0.3, -0.25) is 10.1 Å². The minimum atomic E-state index is 0.751. The minimum Gasteiger partial charge on any atom is -0.314 e. The van der Waals surface area contributed by atoms with E-state index in [1.807, 2.05) is 18.2 Å². The van der Waals surface area contributed by atoms with Crippen molar-refractivity contribution >= 4 is 22.5 Å². The van der Waals surface area contributed by atoms with Gasteiger partial charge in [-0.2, -0.15) is 5.10 Å². The number of piperazine rings is 1. The Labute approximate surface area is 128 Å². The standard InChI is InChI=1S/C15H17N7/c1-2-4-12(5-3-1)22(21-8-6-16-7-9-21)15-13-10-19-20-14(13)17-11-18-15/h1-5,10-11,16H,6-9H2,(H,17,18,19,20). The van der Waals surface area contributed by atoms with E-state index >= 15 is 0 Å². The van der Waals surface area contributed by atoms with Gasteiger partial charge in [0.1, 0.15) is 6.33 Å². The monoisotopic (exact) mass is 295 g/mol. The molecular weight excluding hydrogens is 278 g/mol. The first-order valence-corrected chi connectivity index (χ1v) is 7.38. The van der Waals surface area contributed by atoms with E-state index in [-0.39, 0.29) is 0 Å². The highest BCUT2D eigenvalue weighted by Gasteiger charge is 2.23. The summed E-state index contributed by atoms with van der Waals surface area (Å²) in [6.07, 6.45) is 3.36. The van der Waals surface area contributed by atoms with Crippen LogP contribution in [0.5, 0.6) is 0 Å². The Balaban J connectivity index is 1.84. The molecule has 0 bridgehead atoms. The minimum absolute atomic E-state index is 0.751. The molecule has 0 amide bonds. The van der Waals surface area contributed by atoms with Crippen molar-refractivity contribution in [3.8, 4) is 0 Å². The van der Waals surface area contributed by atoms with Gasteiger partial charge in [-0.05, 0) is 12.1 Å². The van der Waals surface area contributed by atoms with Crippen LogP contribution in [-0.4, -0.2) is 51.4 Å². The van der Waals surface area contributed by atoms with Gasteiger partial charge in [0.05, 0.1) is 17.3 Å². The smallest absolute Gasteiger partial charge is 0.162 e. The third-order valence-electron chi connectivity index (χ3n) is 3.80. The van der Waals surface area contributed by atoms with E-state index in [9.17, 15) is 0 Å². The topological polar surface area (TPSA) is 73.0 Å². The van der Waals surface area contributed by atoms with Gasteiger partial charge >= 0.3 is 0 Å². The molecule has 0 radical (unpaired) electrons. The molecule has 1 aromatic carbocycles. The highest BCUT2D eigenvalue weighted by molar-refractivity contribution is 5.88. The van der Waals surface area contributed by atoms with Crippen LogP contribution in [0.15, 0.2) is 42.9 Å². The van der Waals surface area contributed by atoms with Crippen molar-refractivity contribution in [3.63, 3.8) is 0 Å². The first-order valence-electron chi connectivity index (χ1n) is 7.38. The maximum Gasteiger partial charge on any atom is 0.162 e. The van der Waals surface area contributed by atoms with Crippen LogP contribution in [0.25, 0.3) is 11.0 Å². The number of fused-ring (bicyclic) bond motifs is 1. The van der Waals surface area contributed by atoms with Gasteiger partial charge in [-0.25, -0.2) is 15.0 Å². The highest BCUT2D eigenvalue weighted by Crippen LogP contribution is 2.30. The normalized spacial score (nSPS) is 16.0. The Hall–Kier alpha value is -2.51. The van der Waals surface area contributed by atoms with Crippen molar-refractivity contribution < 1.29 is 0 Å². The molecule has 0 spiro atoms. The quantitative estimate of drug-likeness (QED) is 0.759. The fraction of sp³-hybridized carbons (Fsp3) is 0.267. The van der Waals surface area contributed by atoms with Crippen LogP contribution in [0.1, 0.15) is 0 Å². The number of hydrogen-bond donors (Lipinski definition) is 2. The zero-order valence-electron chi connectivity index (χ0n) is 12.1. The molecule has 2 N–H and O–H groups in total. The van der Waals surface area contributed by atoms with Crippen LogP contribution in [0, 0.1) is 0 Å². The van der Waals surface area contributed by atoms with Gasteiger partial charge in [0.15, 0.2) is 11.5 Å². The molecule has 7 nitrogen and oxygen atoms in total. The lowest BCUT2D eigenvalue weighted by atomic mass is 10.3. The Kier molecular flexibility index (Phi) is 3.42. The summed E-state index contributed by atoms with van der Waals surface area (Å²) in [4.78, 5) is 8.76. The SMILES string of the molecule is c1ccc(N(c2ncnc3[nH]ncc23)N2CCNCC2)cc1. The Bertz CT molecular complexity index is 749. The molecule has 1 fully saturated rings. The second-order valence-electron chi connectivity index (χ2n) is 5.18. The van der Waals surface area contributed by atoms with E-state index in [2.05, 4.69) is 47.6 Å². The lowest BCUT2D eigenvalue weighted by Gasteiger charge is -2.38. The van der Waals surface area contributed by atoms with E-state index in [0.717, 1.165) is 48.7 Å². The summed E-state index contributed by atoms with van der Waals surface area (Å²) in [5.41, 5.74) is 1.84. The lowest BCUT2D eigenvalue weighted by Crippen LogP contribution is -2.51. The van der Waals surface area contributed by atoms with E-state index < -0.39 is 0 Å². The molecule has 112 valence electrons. The van der Waals surface area contributed by atoms with Crippen molar-refractivity contribution in [2.45, 2.75) is 0 Å². The molecule has 0 atom stereocenters. The zero-order chi connectivity index (χ0) is 14.8. The molecule has 7 heteroatoms. The summed E-state index contributed by atoms with van der Waals surface area (Å²) in [6, 6.07) is 10.3. The predicted octanol–water partition coefficient (Wildman–Crippen LogP) is 1.31. The second kappa shape index (κ2) is 5.70. The van der Waals surface area contributed by atoms with E-state index in [1.165, 1.54) is 0 Å². The number of nitrogens with zero attached hydrogens (tertiary/aromatic N) is 5. The second-order valence-corrected chi connectivity index (χ2v) is 5.18. The molecule has 0 aliphatic carbocycles. The Morgan fingerprint density at radius 1 is 1.05 bits per heavy atom. The molecule has 3 aromatic rings. The number of rotatable bonds is 3. The van der Waals surface area contributed by atoms with Gasteiger partial charge in [0, 0.05) is 26.2 Å². The van der Waals surface area contributed by atoms with Crippen molar-refractivity contribution in [2.24, 2.45) is 0 Å². The average Bonchev–Trinajstić information content (AvgIpc) is 3.07. The highest BCUT2D eigenvalue weighted by atomic mass is 15.6. The average molecular weight is 295 g/mol. The van der Waals surface area contributed by atoms with Crippen LogP contribution >= 0.6 is 0 Å². The van der Waals surface area contributed by atoms with Crippen LogP contribution < -0.4 is 10.3 Å². The first kappa shape index (κ1) is 13.2. The van der Waals surface area contributed by atoms with Crippen LogP contribution in [-0.2, 0) is 0 Å². The molecule has 0 unspecified atom stereocenters. The molecule has 0 saturated carbocycles. The molecule has 1 aliphatic rings. The summed E-state index contributed by atoms with van der Waals surface area (Å²) < 4.78 is 0. The predicted molar refractivity (Wildman–Crippen MR) is 84.7 cm³/mol. The number of anilines is 2. The molecule has 4 rings (SSSR count). The number of benzene rings is 1. The largest absolute Gasteiger partial charge is 0.314 e. The van der Waals surface area contributed by atoms with E-state index in [1.54, 1.807) is 12.5 Å². The van der Waals surface area contributed by atoms with Crippen molar-refractivity contribution in [2.75, 3.05) is 31.2 Å². The number of aromatic nitrogens is 4. The summed E-state index contributed by atoms with van der Waals surface area (Å²) in [7, 11) is 0. The van der Waals surface area contributed by atoms with Gasteiger partial charge in [-0.1, -0.05) is 18.2 Å². The number of nitrogens with one attached hydrogen (secondary N) is 2. The van der Waals surface area contributed by atoms with Gasteiger partial charge in [-0.15, -0.1) is 0 Å². The Morgan fingerprint density at radius 3 is 2.68 bits per heavy atom. The Morgan fingerprint density at radius 2 is 1.86 bits per heavy atom. The molecule has 1 aliphatic heterocycles. The van der Waals surface area contributed by atoms with E-state index in [4.69, 9.17) is 0 Å². The molecule has 22 heavy (non-hydrogen) atoms. The fourth-order valence-electron chi connectivity index (χ4n) is 2.76. The van der Waals surface area contributed by atoms with Crippen molar-refractivity contribution in [3.05, 3.63) is 42.9 Å². The van der Waals surface area contributed by atoms with Crippen molar-refractivity contribution in [1.82, 2.24) is 30.5 Å². The maximum atomic E-state index is 4.52. The first-order chi connectivity index (χ1) is 10.9. The van der Waals surface area contributed by atoms with Crippen LogP contribution in [0.3, 0.4) is 0 Å². The molecule has 3 heterocycles. The zero-order valence-corrected chi connectivity index (χ0v) is 12.1. The van der Waals surface area contributed by atoms with Gasteiger partial charge < -0.3 is 5.32 Å². The number of para-hydroxylation sites is 1. The summed E-state index contributed by atoms with van der Waals surface area (Å²) >= 11 is 0. The van der Waals surface area contributed by atoms with Gasteiger partial charge in [0.25, 0.3) is 0 Å². The van der Waals surface area contributed by atoms with Crippen LogP contribution in [0.2, 0.25) is 0 Å². The number of hydrogen-bond acceptors (Lipinski definition) is 6. The van der Waals surface area contributed by atoms with Gasteiger partial charge in [0.2, 0.25) is 0 Å². The number of hydrazine groups is 1. The number of H-pyrrole nitrogens is 1. The molecular formula is C15H17N7. The summed E-state index contributed by atoms with van der Waals surface area (Å²) in [6.45, 7) is 3.78. The van der Waals surface area contributed by atoms with Crippen molar-refractivity contribution in [1.29, 1.82) is 0 Å². The summed E-state index contributed by atoms with van der Waals surface area (Å²) in [5.74, 6) is 0.854. The fourth-order valence-corrected chi connectivity index (χ4v) is 2.76. The van der Waals surface area contributed by atoms with Crippen LogP contribution in [0.4, 0.5) is 11.5 Å². The molecule has 1 saturated heterocycles. The maximum absolute atomic E-state index is 4.52. The lowest BCUT2D eigenvalue weighted by molar-refractivity contribution is 0.243. The van der Waals surface area contributed by atoms with E-state index in [0.29, 0.717) is 0 Å². The third-order valence-corrected chi connectivity index (χ3v) is 3.80. The number of aromatic amines is 1. The third kappa shape index (κ3) is 2.30.